The van der Waals surface area contributed by atoms with Gasteiger partial charge < -0.3 is 15.4 Å². The van der Waals surface area contributed by atoms with Crippen molar-refractivity contribution in [1.82, 2.24) is 10.6 Å². The van der Waals surface area contributed by atoms with E-state index in [1.54, 1.807) is 0 Å². The minimum atomic E-state index is -0.420. The molecular formula is C15H28N2O2. The summed E-state index contributed by atoms with van der Waals surface area (Å²) >= 11 is 0. The highest BCUT2D eigenvalue weighted by Gasteiger charge is 2.35. The molecule has 19 heavy (non-hydrogen) atoms. The first-order chi connectivity index (χ1) is 8.96. The Balaban J connectivity index is 1.86. The second kappa shape index (κ2) is 6.12. The summed E-state index contributed by atoms with van der Waals surface area (Å²) in [6.07, 6.45) is 7.37. The lowest BCUT2D eigenvalue weighted by molar-refractivity contribution is 0.0491. The van der Waals surface area contributed by atoms with Gasteiger partial charge in [0, 0.05) is 12.1 Å². The molecule has 1 saturated carbocycles. The molecule has 0 bridgehead atoms. The summed E-state index contributed by atoms with van der Waals surface area (Å²) in [4.78, 5) is 11.9. The van der Waals surface area contributed by atoms with Gasteiger partial charge in [-0.2, -0.15) is 0 Å². The van der Waals surface area contributed by atoms with E-state index in [4.69, 9.17) is 4.74 Å². The summed E-state index contributed by atoms with van der Waals surface area (Å²) in [6.45, 7) is 6.70. The smallest absolute Gasteiger partial charge is 0.407 e. The zero-order valence-electron chi connectivity index (χ0n) is 12.5. The lowest BCUT2D eigenvalue weighted by Gasteiger charge is -2.32. The predicted molar refractivity (Wildman–Crippen MR) is 76.1 cm³/mol. The maximum atomic E-state index is 11.9. The van der Waals surface area contributed by atoms with E-state index in [1.807, 2.05) is 20.8 Å². The minimum absolute atomic E-state index is 0.234. The van der Waals surface area contributed by atoms with Gasteiger partial charge in [0.15, 0.2) is 0 Å². The molecule has 2 atom stereocenters. The highest BCUT2D eigenvalue weighted by molar-refractivity contribution is 5.68. The lowest BCUT2D eigenvalue weighted by atomic mass is 9.82. The third-order valence-electron chi connectivity index (χ3n) is 4.13. The van der Waals surface area contributed by atoms with Gasteiger partial charge >= 0.3 is 6.09 Å². The molecule has 1 aliphatic carbocycles. The number of alkyl carbamates (subject to hydrolysis) is 1. The van der Waals surface area contributed by atoms with Crippen molar-refractivity contribution in [2.75, 3.05) is 6.54 Å². The topological polar surface area (TPSA) is 50.4 Å². The summed E-state index contributed by atoms with van der Waals surface area (Å²) in [5.41, 5.74) is -0.420. The van der Waals surface area contributed by atoms with Gasteiger partial charge in [0.1, 0.15) is 5.60 Å². The molecule has 2 unspecified atom stereocenters. The van der Waals surface area contributed by atoms with Crippen LogP contribution in [0.2, 0.25) is 0 Å². The van der Waals surface area contributed by atoms with Crippen molar-refractivity contribution in [3.63, 3.8) is 0 Å². The fourth-order valence-electron chi connectivity index (χ4n) is 3.34. The summed E-state index contributed by atoms with van der Waals surface area (Å²) < 4.78 is 5.36. The van der Waals surface area contributed by atoms with Crippen LogP contribution in [0, 0.1) is 5.92 Å². The van der Waals surface area contributed by atoms with Crippen molar-refractivity contribution in [2.45, 2.75) is 77.0 Å². The minimum Gasteiger partial charge on any atom is -0.444 e. The van der Waals surface area contributed by atoms with E-state index in [2.05, 4.69) is 10.6 Å². The molecule has 1 aliphatic heterocycles. The summed E-state index contributed by atoms with van der Waals surface area (Å²) in [7, 11) is 0. The van der Waals surface area contributed by atoms with Crippen molar-refractivity contribution < 1.29 is 9.53 Å². The van der Waals surface area contributed by atoms with Gasteiger partial charge in [0.25, 0.3) is 0 Å². The molecule has 1 amide bonds. The molecule has 0 spiro atoms. The van der Waals surface area contributed by atoms with Crippen LogP contribution in [0.3, 0.4) is 0 Å². The molecule has 4 heteroatoms. The first-order valence-electron chi connectivity index (χ1n) is 7.68. The average molecular weight is 268 g/mol. The number of ether oxygens (including phenoxy) is 1. The maximum Gasteiger partial charge on any atom is 0.407 e. The van der Waals surface area contributed by atoms with Crippen molar-refractivity contribution in [3.05, 3.63) is 0 Å². The van der Waals surface area contributed by atoms with Gasteiger partial charge in [-0.05, 0) is 52.5 Å². The van der Waals surface area contributed by atoms with E-state index >= 15 is 0 Å². The van der Waals surface area contributed by atoms with E-state index < -0.39 is 5.60 Å². The molecule has 2 fully saturated rings. The molecule has 2 rings (SSSR count). The lowest BCUT2D eigenvalue weighted by Crippen LogP contribution is -2.49. The van der Waals surface area contributed by atoms with Crippen LogP contribution in [0.5, 0.6) is 0 Å². The number of hydrogen-bond acceptors (Lipinski definition) is 3. The van der Waals surface area contributed by atoms with E-state index in [0.29, 0.717) is 6.04 Å². The summed E-state index contributed by atoms with van der Waals surface area (Å²) in [6, 6.07) is 0.672. The van der Waals surface area contributed by atoms with E-state index in [9.17, 15) is 4.79 Å². The molecular weight excluding hydrogens is 240 g/mol. The predicted octanol–water partition coefficient (Wildman–Crippen LogP) is 2.82. The number of carbonyl (C=O) groups excluding carboxylic acids is 1. The Morgan fingerprint density at radius 2 is 1.84 bits per heavy atom. The largest absolute Gasteiger partial charge is 0.444 e. The molecule has 1 saturated heterocycles. The third-order valence-corrected chi connectivity index (χ3v) is 4.13. The normalized spacial score (nSPS) is 29.2. The molecule has 0 aromatic carbocycles. The zero-order valence-corrected chi connectivity index (χ0v) is 12.5. The fraction of sp³-hybridized carbons (Fsp3) is 0.933. The molecule has 4 nitrogen and oxygen atoms in total. The van der Waals surface area contributed by atoms with Crippen LogP contribution in [-0.2, 0) is 4.74 Å². The Morgan fingerprint density at radius 1 is 1.16 bits per heavy atom. The molecule has 1 heterocycles. The number of carbonyl (C=O) groups is 1. The van der Waals surface area contributed by atoms with Crippen LogP contribution < -0.4 is 10.6 Å². The molecule has 2 aliphatic rings. The van der Waals surface area contributed by atoms with Gasteiger partial charge in [0.2, 0.25) is 0 Å². The maximum absolute atomic E-state index is 11.9. The fourth-order valence-corrected chi connectivity index (χ4v) is 3.34. The van der Waals surface area contributed by atoms with Gasteiger partial charge in [-0.15, -0.1) is 0 Å². The Bertz CT molecular complexity index is 306. The third kappa shape index (κ3) is 4.37. The average Bonchev–Trinajstić information content (AvgIpc) is 2.75. The van der Waals surface area contributed by atoms with Gasteiger partial charge in [-0.25, -0.2) is 4.79 Å². The quantitative estimate of drug-likeness (QED) is 0.809. The Labute approximate surface area is 116 Å². The highest BCUT2D eigenvalue weighted by atomic mass is 16.6. The van der Waals surface area contributed by atoms with E-state index in [0.717, 1.165) is 18.9 Å². The van der Waals surface area contributed by atoms with Gasteiger partial charge in [-0.3, -0.25) is 0 Å². The van der Waals surface area contributed by atoms with Crippen molar-refractivity contribution >= 4 is 6.09 Å². The molecule has 0 aromatic heterocycles. The Hall–Kier alpha value is -0.770. The van der Waals surface area contributed by atoms with Crippen molar-refractivity contribution in [1.29, 1.82) is 0 Å². The monoisotopic (exact) mass is 268 g/mol. The summed E-state index contributed by atoms with van der Waals surface area (Å²) in [5, 5.41) is 6.63. The molecule has 2 N–H and O–H groups in total. The molecule has 0 aromatic rings. The molecule has 110 valence electrons. The first-order valence-corrected chi connectivity index (χ1v) is 7.68. The number of rotatable bonds is 2. The molecule has 0 radical (unpaired) electrons. The van der Waals surface area contributed by atoms with Crippen LogP contribution in [0.1, 0.15) is 59.3 Å². The van der Waals surface area contributed by atoms with E-state index in [-0.39, 0.29) is 12.1 Å². The SMILES string of the molecule is CC(C)(C)OC(=O)NC1CCNC1C1CCCCC1. The van der Waals surface area contributed by atoms with Crippen LogP contribution in [0.4, 0.5) is 4.79 Å². The van der Waals surface area contributed by atoms with Gasteiger partial charge in [0.05, 0.1) is 0 Å². The second-order valence-electron chi connectivity index (χ2n) is 6.92. The number of nitrogens with one attached hydrogen (secondary N) is 2. The van der Waals surface area contributed by atoms with E-state index in [1.165, 1.54) is 32.1 Å². The van der Waals surface area contributed by atoms with Crippen LogP contribution >= 0.6 is 0 Å². The Kier molecular flexibility index (Phi) is 4.71. The van der Waals surface area contributed by atoms with Gasteiger partial charge in [-0.1, -0.05) is 19.3 Å². The summed E-state index contributed by atoms with van der Waals surface area (Å²) in [5.74, 6) is 0.719. The van der Waals surface area contributed by atoms with Crippen molar-refractivity contribution in [2.24, 2.45) is 5.92 Å². The first kappa shape index (κ1) is 14.6. The standard InChI is InChI=1S/C15H28N2O2/c1-15(2,3)19-14(18)17-12-9-10-16-13(12)11-7-5-4-6-8-11/h11-13,16H,4-10H2,1-3H3,(H,17,18). The number of hydrogen-bond donors (Lipinski definition) is 2. The van der Waals surface area contributed by atoms with Crippen LogP contribution in [-0.4, -0.2) is 30.3 Å². The second-order valence-corrected chi connectivity index (χ2v) is 6.92. The number of amides is 1. The van der Waals surface area contributed by atoms with Crippen molar-refractivity contribution in [3.8, 4) is 0 Å². The highest BCUT2D eigenvalue weighted by Crippen LogP contribution is 2.30. The van der Waals surface area contributed by atoms with Crippen LogP contribution in [0.15, 0.2) is 0 Å². The van der Waals surface area contributed by atoms with Crippen LogP contribution in [0.25, 0.3) is 0 Å². The Morgan fingerprint density at radius 3 is 2.47 bits per heavy atom. The zero-order chi connectivity index (χ0) is 13.9.